The van der Waals surface area contributed by atoms with E-state index in [0.717, 1.165) is 0 Å². The van der Waals surface area contributed by atoms with Crippen molar-refractivity contribution in [3.05, 3.63) is 0 Å². The second-order valence-corrected chi connectivity index (χ2v) is 3.25. The van der Waals surface area contributed by atoms with Crippen molar-refractivity contribution in [1.29, 1.82) is 0 Å². The lowest BCUT2D eigenvalue weighted by Crippen LogP contribution is -1.95. The van der Waals surface area contributed by atoms with E-state index in [1.165, 1.54) is 0 Å². The van der Waals surface area contributed by atoms with Crippen LogP contribution in [0.3, 0.4) is 0 Å². The van der Waals surface area contributed by atoms with E-state index in [0.29, 0.717) is 0 Å². The Morgan fingerprint density at radius 2 is 1.83 bits per heavy atom. The second kappa shape index (κ2) is 1.87. The van der Waals surface area contributed by atoms with Crippen LogP contribution in [-0.2, 0) is 10.1 Å². The quantitative estimate of drug-likeness (QED) is 0.390. The van der Waals surface area contributed by atoms with Gasteiger partial charge in [0, 0.05) is 0 Å². The first kappa shape index (κ1) is 6.34. The number of hydrogen-bond donors (Lipinski definition) is 1. The highest BCUT2D eigenvalue weighted by Crippen LogP contribution is 1.86. The van der Waals surface area contributed by atoms with Crippen LogP contribution in [0.4, 0.5) is 0 Å². The molecule has 0 saturated heterocycles. The van der Waals surface area contributed by atoms with E-state index >= 15 is 0 Å². The molecule has 0 saturated carbocycles. The van der Waals surface area contributed by atoms with Crippen LogP contribution in [0.1, 0.15) is 0 Å². The summed E-state index contributed by atoms with van der Waals surface area (Å²) in [4.78, 5) is 0. The third-order valence-electron chi connectivity index (χ3n) is 0.211. The van der Waals surface area contributed by atoms with E-state index in [1.54, 1.807) is 0 Å². The summed E-state index contributed by atoms with van der Waals surface area (Å²) >= 11 is 0. The summed E-state index contributed by atoms with van der Waals surface area (Å²) in [6.45, 7) is 0. The molecule has 0 bridgehead atoms. The minimum Gasteiger partial charge on any atom is -0.285 e. The van der Waals surface area contributed by atoms with Crippen LogP contribution in [0.25, 0.3) is 0 Å². The van der Waals surface area contributed by atoms with E-state index in [9.17, 15) is 8.42 Å². The van der Waals surface area contributed by atoms with Gasteiger partial charge in [-0.1, -0.05) is 0 Å². The van der Waals surface area contributed by atoms with Crippen LogP contribution in [-0.4, -0.2) is 18.5 Å². The summed E-state index contributed by atoms with van der Waals surface area (Å²) in [5.74, 6) is 0. The summed E-state index contributed by atoms with van der Waals surface area (Å²) in [5, 5.41) is 0. The van der Waals surface area contributed by atoms with Crippen molar-refractivity contribution in [2.75, 3.05) is 5.49 Å². The van der Waals surface area contributed by atoms with Gasteiger partial charge in [-0.15, -0.1) is 9.24 Å². The topological polar surface area (TPSA) is 54.4 Å². The molecule has 0 heterocycles. The van der Waals surface area contributed by atoms with Gasteiger partial charge in [0.25, 0.3) is 10.1 Å². The first-order valence-corrected chi connectivity index (χ1v) is 3.64. The highest BCUT2D eigenvalue weighted by Gasteiger charge is 1.93. The van der Waals surface area contributed by atoms with Crippen molar-refractivity contribution in [2.24, 2.45) is 0 Å². The minimum atomic E-state index is -3.70. The van der Waals surface area contributed by atoms with Crippen LogP contribution < -0.4 is 0 Å². The lowest BCUT2D eigenvalue weighted by Gasteiger charge is -1.79. The third-order valence-corrected chi connectivity index (χ3v) is 1.90. The van der Waals surface area contributed by atoms with Crippen LogP contribution >= 0.6 is 9.24 Å². The molecule has 0 aromatic rings. The normalized spacial score (nSPS) is 11.7. The largest absolute Gasteiger partial charge is 0.285 e. The molecule has 1 unspecified atom stereocenters. The fourth-order valence-electron chi connectivity index (χ4n) is 0. The fraction of sp³-hybridized carbons (Fsp3) is 1.00. The fourth-order valence-corrected chi connectivity index (χ4v) is 0. The Morgan fingerprint density at radius 3 is 1.83 bits per heavy atom. The Bertz CT molecular complexity index is 113. The van der Waals surface area contributed by atoms with Crippen LogP contribution in [0.2, 0.25) is 0 Å². The molecule has 0 spiro atoms. The molecular weight excluding hydrogens is 123 g/mol. The monoisotopic (exact) mass is 128 g/mol. The zero-order valence-corrected chi connectivity index (χ0v) is 4.93. The molecule has 0 aliphatic rings. The Morgan fingerprint density at radius 1 is 1.67 bits per heavy atom. The predicted octanol–water partition coefficient (Wildman–Crippen LogP) is -0.293. The third kappa shape index (κ3) is 4.34. The summed E-state index contributed by atoms with van der Waals surface area (Å²) in [5.41, 5.74) is -0.285. The SMILES string of the molecule is O=S(=O)(O)CP. The minimum absolute atomic E-state index is 0.285. The highest BCUT2D eigenvalue weighted by molar-refractivity contribution is 7.89. The van der Waals surface area contributed by atoms with E-state index in [2.05, 4.69) is 0 Å². The van der Waals surface area contributed by atoms with Gasteiger partial charge in [0.2, 0.25) is 0 Å². The van der Waals surface area contributed by atoms with Crippen LogP contribution in [0, 0.1) is 0 Å². The molecule has 3 nitrogen and oxygen atoms in total. The smallest absolute Gasteiger partial charge is 0.268 e. The molecular formula is CH5O3PS. The summed E-state index contributed by atoms with van der Waals surface area (Å²) in [6.07, 6.45) is 0. The van der Waals surface area contributed by atoms with Gasteiger partial charge in [-0.05, 0) is 0 Å². The van der Waals surface area contributed by atoms with Crippen molar-refractivity contribution in [3.8, 4) is 0 Å². The van der Waals surface area contributed by atoms with Gasteiger partial charge in [0.1, 0.15) is 0 Å². The molecule has 1 atom stereocenters. The molecule has 6 heavy (non-hydrogen) atoms. The number of hydrogen-bond acceptors (Lipinski definition) is 2. The molecule has 0 aliphatic carbocycles. The highest BCUT2D eigenvalue weighted by atomic mass is 32.2. The van der Waals surface area contributed by atoms with E-state index in [-0.39, 0.29) is 5.49 Å². The molecule has 0 aromatic heterocycles. The van der Waals surface area contributed by atoms with Gasteiger partial charge in [-0.3, -0.25) is 4.55 Å². The maximum atomic E-state index is 9.53. The maximum Gasteiger partial charge on any atom is 0.268 e. The molecule has 1 N–H and O–H groups in total. The first-order chi connectivity index (χ1) is 2.56. The zero-order valence-electron chi connectivity index (χ0n) is 2.96. The van der Waals surface area contributed by atoms with E-state index < -0.39 is 10.1 Å². The molecule has 0 radical (unpaired) electrons. The van der Waals surface area contributed by atoms with Crippen molar-refractivity contribution < 1.29 is 13.0 Å². The van der Waals surface area contributed by atoms with Gasteiger partial charge in [0.15, 0.2) is 0 Å². The van der Waals surface area contributed by atoms with E-state index in [4.69, 9.17) is 4.55 Å². The average Bonchev–Trinajstić information content (AvgIpc) is 1.35. The van der Waals surface area contributed by atoms with Crippen LogP contribution in [0.15, 0.2) is 0 Å². The summed E-state index contributed by atoms with van der Waals surface area (Å²) in [6, 6.07) is 0. The molecule has 0 aromatic carbocycles. The van der Waals surface area contributed by atoms with Crippen molar-refractivity contribution in [1.82, 2.24) is 0 Å². The average molecular weight is 128 g/mol. The van der Waals surface area contributed by atoms with E-state index in [1.807, 2.05) is 9.24 Å². The van der Waals surface area contributed by atoms with Crippen molar-refractivity contribution in [3.63, 3.8) is 0 Å². The Labute approximate surface area is 38.7 Å². The summed E-state index contributed by atoms with van der Waals surface area (Å²) in [7, 11) is -1.81. The molecule has 0 aliphatic heterocycles. The van der Waals surface area contributed by atoms with Gasteiger partial charge >= 0.3 is 0 Å². The van der Waals surface area contributed by atoms with Gasteiger partial charge in [0.05, 0.1) is 5.49 Å². The molecule has 38 valence electrons. The summed E-state index contributed by atoms with van der Waals surface area (Å²) < 4.78 is 26.8. The van der Waals surface area contributed by atoms with Gasteiger partial charge in [-0.2, -0.15) is 8.42 Å². The van der Waals surface area contributed by atoms with Gasteiger partial charge < -0.3 is 0 Å². The second-order valence-electron chi connectivity index (χ2n) is 0.749. The molecule has 0 amide bonds. The van der Waals surface area contributed by atoms with Crippen molar-refractivity contribution in [2.45, 2.75) is 0 Å². The lowest BCUT2D eigenvalue weighted by atomic mass is 11.9. The predicted molar refractivity (Wildman–Crippen MR) is 26.1 cm³/mol. The van der Waals surface area contributed by atoms with Crippen LogP contribution in [0.5, 0.6) is 0 Å². The Balaban J connectivity index is 3.85. The maximum absolute atomic E-state index is 9.53. The van der Waals surface area contributed by atoms with Crippen molar-refractivity contribution >= 4 is 19.4 Å². The molecule has 0 fully saturated rings. The zero-order chi connectivity index (χ0) is 5.21. The molecule has 0 rings (SSSR count). The lowest BCUT2D eigenvalue weighted by molar-refractivity contribution is 0.489. The first-order valence-electron chi connectivity index (χ1n) is 1.21. The standard InChI is InChI=1S/CH5O3PS/c2-6(3,4)1-5/h1,5H2,(H,2,3,4). The molecule has 5 heteroatoms. The van der Waals surface area contributed by atoms with Gasteiger partial charge in [-0.25, -0.2) is 0 Å². The Kier molecular flexibility index (Phi) is 1.97. The number of rotatable bonds is 1. The Hall–Kier alpha value is 0.340.